The summed E-state index contributed by atoms with van der Waals surface area (Å²) in [4.78, 5) is 3.67. The van der Waals surface area contributed by atoms with E-state index in [9.17, 15) is 16.8 Å². The molecule has 0 radical (unpaired) electrons. The Kier molecular flexibility index (Phi) is 4.47. The molecule has 0 aliphatic rings. The maximum atomic E-state index is 11.6. The van der Waals surface area contributed by atoms with Crippen LogP contribution < -0.4 is 4.72 Å². The molecule has 0 saturated carbocycles. The Labute approximate surface area is 115 Å². The smallest absolute Gasteiger partial charge is 0.247 e. The largest absolute Gasteiger partial charge is 0.279 e. The summed E-state index contributed by atoms with van der Waals surface area (Å²) in [6.45, 7) is 1.57. The minimum atomic E-state index is -4.06. The number of anilines is 1. The normalized spacial score (nSPS) is 12.4. The van der Waals surface area contributed by atoms with Crippen molar-refractivity contribution in [3.8, 4) is 0 Å². The molecule has 102 valence electrons. The number of hydrogen-bond acceptors (Lipinski definition) is 5. The Bertz CT molecular complexity index is 647. The van der Waals surface area contributed by atoms with E-state index in [-0.39, 0.29) is 16.0 Å². The molecule has 10 heteroatoms. The van der Waals surface area contributed by atoms with E-state index in [1.165, 1.54) is 6.07 Å². The summed E-state index contributed by atoms with van der Waals surface area (Å²) < 4.78 is 47.2. The average molecular weight is 333 g/mol. The van der Waals surface area contributed by atoms with Crippen molar-refractivity contribution in [1.82, 2.24) is 4.98 Å². The zero-order valence-electron chi connectivity index (χ0n) is 9.44. The zero-order chi connectivity index (χ0) is 14.1. The number of sulfonamides is 1. The van der Waals surface area contributed by atoms with Crippen LogP contribution in [0, 0.1) is 6.92 Å². The van der Waals surface area contributed by atoms with Crippen LogP contribution in [0.15, 0.2) is 6.07 Å². The van der Waals surface area contributed by atoms with Crippen LogP contribution in [-0.4, -0.2) is 33.2 Å². The Morgan fingerprint density at radius 1 is 1.28 bits per heavy atom. The molecule has 1 N–H and O–H groups in total. The van der Waals surface area contributed by atoms with Crippen molar-refractivity contribution < 1.29 is 16.8 Å². The number of rotatable bonds is 4. The van der Waals surface area contributed by atoms with Crippen LogP contribution in [-0.2, 0) is 19.9 Å². The summed E-state index contributed by atoms with van der Waals surface area (Å²) in [7, 11) is -7.73. The summed E-state index contributed by atoms with van der Waals surface area (Å²) in [5.74, 6) is 0. The van der Waals surface area contributed by atoms with Crippen molar-refractivity contribution in [2.75, 3.05) is 16.1 Å². The molecule has 0 aliphatic carbocycles. The van der Waals surface area contributed by atoms with Crippen molar-refractivity contribution in [2.24, 2.45) is 0 Å². The third kappa shape index (κ3) is 4.60. The highest BCUT2D eigenvalue weighted by Gasteiger charge is 2.20. The standard InChI is InChI=1S/C8H10Cl2N2O4S2/c1-5-3-6(9)11-8(10)7(5)12-18(15,16)4-17(2,13)14/h3,12H,4H2,1-2H3. The maximum Gasteiger partial charge on any atom is 0.247 e. The lowest BCUT2D eigenvalue weighted by Gasteiger charge is -2.11. The van der Waals surface area contributed by atoms with E-state index in [0.717, 1.165) is 6.26 Å². The number of hydrogen-bond donors (Lipinski definition) is 1. The monoisotopic (exact) mass is 332 g/mol. The third-order valence-electron chi connectivity index (χ3n) is 1.77. The summed E-state index contributed by atoms with van der Waals surface area (Å²) in [6, 6.07) is 1.41. The van der Waals surface area contributed by atoms with Gasteiger partial charge in [-0.05, 0) is 18.6 Å². The molecular weight excluding hydrogens is 323 g/mol. The van der Waals surface area contributed by atoms with Gasteiger partial charge in [0.15, 0.2) is 20.1 Å². The average Bonchev–Trinajstić information content (AvgIpc) is 2.07. The van der Waals surface area contributed by atoms with Gasteiger partial charge in [-0.1, -0.05) is 23.2 Å². The van der Waals surface area contributed by atoms with Gasteiger partial charge < -0.3 is 0 Å². The summed E-state index contributed by atoms with van der Waals surface area (Å²) in [5.41, 5.74) is 0.460. The van der Waals surface area contributed by atoms with Crippen molar-refractivity contribution >= 4 is 48.7 Å². The molecule has 0 atom stereocenters. The van der Waals surface area contributed by atoms with Crippen molar-refractivity contribution in [1.29, 1.82) is 0 Å². The Morgan fingerprint density at radius 2 is 1.83 bits per heavy atom. The fourth-order valence-corrected chi connectivity index (χ4v) is 4.88. The van der Waals surface area contributed by atoms with Crippen molar-refractivity contribution in [2.45, 2.75) is 6.92 Å². The number of nitrogens with zero attached hydrogens (tertiary/aromatic N) is 1. The van der Waals surface area contributed by atoms with Gasteiger partial charge in [-0.15, -0.1) is 0 Å². The van der Waals surface area contributed by atoms with Gasteiger partial charge in [-0.3, -0.25) is 4.72 Å². The van der Waals surface area contributed by atoms with Crippen molar-refractivity contribution in [3.63, 3.8) is 0 Å². The van der Waals surface area contributed by atoms with E-state index < -0.39 is 24.9 Å². The Balaban J connectivity index is 3.13. The number of sulfone groups is 1. The first-order valence-corrected chi connectivity index (χ1v) is 8.98. The fraction of sp³-hybridized carbons (Fsp3) is 0.375. The number of aryl methyl sites for hydroxylation is 1. The van der Waals surface area contributed by atoms with E-state index in [1.54, 1.807) is 6.92 Å². The van der Waals surface area contributed by atoms with E-state index >= 15 is 0 Å². The van der Waals surface area contributed by atoms with Gasteiger partial charge in [0.05, 0.1) is 5.69 Å². The first kappa shape index (κ1) is 15.5. The molecule has 1 aromatic heterocycles. The van der Waals surface area contributed by atoms with Crippen LogP contribution in [0.25, 0.3) is 0 Å². The lowest BCUT2D eigenvalue weighted by Crippen LogP contribution is -2.23. The van der Waals surface area contributed by atoms with Gasteiger partial charge in [-0.2, -0.15) is 0 Å². The molecule has 0 bridgehead atoms. The first-order chi connectivity index (χ1) is 8.00. The van der Waals surface area contributed by atoms with Crippen LogP contribution in [0.4, 0.5) is 5.69 Å². The molecule has 1 aromatic rings. The van der Waals surface area contributed by atoms with Gasteiger partial charge in [0, 0.05) is 6.26 Å². The second-order valence-electron chi connectivity index (χ2n) is 3.69. The number of aromatic nitrogens is 1. The Hall–Kier alpha value is -0.570. The summed E-state index contributed by atoms with van der Waals surface area (Å²) in [6.07, 6.45) is 0.820. The van der Waals surface area contributed by atoms with E-state index in [2.05, 4.69) is 9.71 Å². The second kappa shape index (κ2) is 5.20. The molecular formula is C8H10Cl2N2O4S2. The highest BCUT2D eigenvalue weighted by Crippen LogP contribution is 2.27. The highest BCUT2D eigenvalue weighted by molar-refractivity contribution is 8.08. The SMILES string of the molecule is Cc1cc(Cl)nc(Cl)c1NS(=O)(=O)CS(C)(=O)=O. The van der Waals surface area contributed by atoms with Gasteiger partial charge in [-0.25, -0.2) is 21.8 Å². The predicted octanol–water partition coefficient (Wildman–Crippen LogP) is 1.44. The van der Waals surface area contributed by atoms with Crippen LogP contribution in [0.3, 0.4) is 0 Å². The topological polar surface area (TPSA) is 93.2 Å². The molecule has 0 spiro atoms. The Morgan fingerprint density at radius 3 is 2.28 bits per heavy atom. The summed E-state index contributed by atoms with van der Waals surface area (Å²) >= 11 is 11.4. The fourth-order valence-electron chi connectivity index (χ4n) is 1.18. The van der Waals surface area contributed by atoms with Crippen LogP contribution in [0.5, 0.6) is 0 Å². The lowest BCUT2D eigenvalue weighted by atomic mass is 10.3. The minimum absolute atomic E-state index is 0.0183. The molecule has 0 aromatic carbocycles. The van der Waals surface area contributed by atoms with Crippen molar-refractivity contribution in [3.05, 3.63) is 21.9 Å². The highest BCUT2D eigenvalue weighted by atomic mass is 35.5. The van der Waals surface area contributed by atoms with Gasteiger partial charge >= 0.3 is 0 Å². The van der Waals surface area contributed by atoms with Crippen LogP contribution in [0.1, 0.15) is 5.56 Å². The molecule has 0 saturated heterocycles. The quantitative estimate of drug-likeness (QED) is 0.842. The molecule has 1 rings (SSSR count). The maximum absolute atomic E-state index is 11.6. The van der Waals surface area contributed by atoms with E-state index in [0.29, 0.717) is 5.56 Å². The van der Waals surface area contributed by atoms with Gasteiger partial charge in [0.2, 0.25) is 10.0 Å². The molecule has 1 heterocycles. The third-order valence-corrected chi connectivity index (χ3v) is 5.70. The molecule has 0 amide bonds. The van der Waals surface area contributed by atoms with E-state index in [1.807, 2.05) is 0 Å². The van der Waals surface area contributed by atoms with Gasteiger partial charge in [0.25, 0.3) is 0 Å². The molecule has 0 fully saturated rings. The molecule has 0 unspecified atom stereocenters. The van der Waals surface area contributed by atoms with Crippen LogP contribution >= 0.6 is 23.2 Å². The summed E-state index contributed by atoms with van der Waals surface area (Å²) in [5, 5.41) is -1.06. The molecule has 6 nitrogen and oxygen atoms in total. The predicted molar refractivity (Wildman–Crippen MR) is 71.2 cm³/mol. The number of nitrogens with one attached hydrogen (secondary N) is 1. The minimum Gasteiger partial charge on any atom is -0.279 e. The number of pyridine rings is 1. The molecule has 18 heavy (non-hydrogen) atoms. The number of halogens is 2. The first-order valence-electron chi connectivity index (χ1n) is 4.51. The van der Waals surface area contributed by atoms with E-state index in [4.69, 9.17) is 23.2 Å². The zero-order valence-corrected chi connectivity index (χ0v) is 12.6. The van der Waals surface area contributed by atoms with Crippen LogP contribution in [0.2, 0.25) is 10.3 Å². The lowest BCUT2D eigenvalue weighted by molar-refractivity contribution is 0.595. The van der Waals surface area contributed by atoms with Gasteiger partial charge in [0.1, 0.15) is 5.15 Å². The second-order valence-corrected chi connectivity index (χ2v) is 8.66. The molecule has 0 aliphatic heterocycles.